The number of hydrogen-bond donors (Lipinski definition) is 0. The topological polar surface area (TPSA) is 9.23 Å². The molecule has 0 aromatic rings. The summed E-state index contributed by atoms with van der Waals surface area (Å²) >= 11 is 0. The molecule has 1 aliphatic rings. The molecular formula is C12H24OSi2. The summed E-state index contributed by atoms with van der Waals surface area (Å²) in [6.45, 7) is 12.7. The highest BCUT2D eigenvalue weighted by molar-refractivity contribution is 6.84. The van der Waals surface area contributed by atoms with Gasteiger partial charge in [0.05, 0.1) is 8.07 Å². The van der Waals surface area contributed by atoms with Crippen molar-refractivity contribution >= 4 is 16.4 Å². The molecule has 0 bridgehead atoms. The fourth-order valence-corrected chi connectivity index (χ4v) is 4.79. The molecule has 0 fully saturated rings. The fourth-order valence-electron chi connectivity index (χ4n) is 1.72. The van der Waals surface area contributed by atoms with E-state index >= 15 is 0 Å². The van der Waals surface area contributed by atoms with Crippen molar-refractivity contribution in [3.8, 4) is 0 Å². The first-order valence-electron chi connectivity index (χ1n) is 5.81. The van der Waals surface area contributed by atoms with Crippen molar-refractivity contribution in [2.24, 2.45) is 0 Å². The van der Waals surface area contributed by atoms with E-state index in [4.69, 9.17) is 4.43 Å². The molecule has 0 aliphatic heterocycles. The quantitative estimate of drug-likeness (QED) is 0.661. The second kappa shape index (κ2) is 4.81. The Morgan fingerprint density at radius 1 is 1.20 bits per heavy atom. The monoisotopic (exact) mass is 240 g/mol. The van der Waals surface area contributed by atoms with Gasteiger partial charge in [0.2, 0.25) is 0 Å². The Kier molecular flexibility index (Phi) is 4.15. The van der Waals surface area contributed by atoms with Crippen LogP contribution in [0.5, 0.6) is 0 Å². The zero-order valence-corrected chi connectivity index (χ0v) is 12.8. The highest BCUT2D eigenvalue weighted by Crippen LogP contribution is 2.26. The van der Waals surface area contributed by atoms with Crippen LogP contribution in [0.4, 0.5) is 0 Å². The van der Waals surface area contributed by atoms with Gasteiger partial charge in [-0.25, -0.2) is 0 Å². The summed E-state index contributed by atoms with van der Waals surface area (Å²) in [5, 5.41) is 1.68. The van der Waals surface area contributed by atoms with Crippen molar-refractivity contribution in [1.29, 1.82) is 0 Å². The second-order valence-electron chi connectivity index (χ2n) is 5.92. The molecule has 1 nitrogen and oxygen atoms in total. The van der Waals surface area contributed by atoms with Crippen molar-refractivity contribution in [2.45, 2.75) is 45.2 Å². The van der Waals surface area contributed by atoms with Crippen molar-refractivity contribution in [3.63, 3.8) is 0 Å². The van der Waals surface area contributed by atoms with E-state index in [-0.39, 0.29) is 0 Å². The molecule has 0 aromatic carbocycles. The minimum absolute atomic E-state index is 0.965. The van der Waals surface area contributed by atoms with Crippen LogP contribution < -0.4 is 0 Å². The third-order valence-corrected chi connectivity index (χ3v) is 7.54. The normalized spacial score (nSPS) is 17.0. The van der Waals surface area contributed by atoms with Gasteiger partial charge in [0.1, 0.15) is 0 Å². The second-order valence-corrected chi connectivity index (χ2v) is 15.3. The zero-order chi connectivity index (χ0) is 11.5. The van der Waals surface area contributed by atoms with Gasteiger partial charge in [0.25, 0.3) is 0 Å². The summed E-state index contributed by atoms with van der Waals surface area (Å²) in [5.41, 5.74) is 0. The molecule has 86 valence electrons. The highest BCUT2D eigenvalue weighted by Gasteiger charge is 2.26. The first-order valence-corrected chi connectivity index (χ1v) is 12.4. The van der Waals surface area contributed by atoms with Crippen LogP contribution in [-0.2, 0) is 4.43 Å². The molecular weight excluding hydrogens is 216 g/mol. The lowest BCUT2D eigenvalue weighted by molar-refractivity contribution is 0.332. The Labute approximate surface area is 96.4 Å². The van der Waals surface area contributed by atoms with Gasteiger partial charge in [0.15, 0.2) is 8.32 Å². The minimum Gasteiger partial charge on any atom is -0.418 e. The minimum atomic E-state index is -1.31. The first-order chi connectivity index (χ1) is 6.81. The molecule has 0 aromatic heterocycles. The molecule has 1 rings (SSSR count). The summed E-state index contributed by atoms with van der Waals surface area (Å²) in [6, 6.07) is 1.27. The van der Waals surface area contributed by atoms with Crippen LogP contribution in [-0.4, -0.2) is 23.0 Å². The van der Waals surface area contributed by atoms with Crippen molar-refractivity contribution < 1.29 is 4.43 Å². The van der Waals surface area contributed by atoms with Gasteiger partial charge in [0, 0.05) is 6.61 Å². The Bertz CT molecular complexity index is 272. The lowest BCUT2D eigenvalue weighted by Crippen LogP contribution is -2.33. The van der Waals surface area contributed by atoms with Gasteiger partial charge in [-0.3, -0.25) is 0 Å². The summed E-state index contributed by atoms with van der Waals surface area (Å²) < 4.78 is 5.95. The van der Waals surface area contributed by atoms with Crippen molar-refractivity contribution in [2.75, 3.05) is 6.61 Å². The SMILES string of the molecule is C[Si](C)(C)OCC[Si](C)(C)C1=CC=CC1. The standard InChI is InChI=1S/C12H24OSi2/c1-14(2,3)13-10-11-15(4,5)12-8-6-7-9-12/h6-8H,9-11H2,1-5H3. The lowest BCUT2D eigenvalue weighted by atomic mass is 10.5. The van der Waals surface area contributed by atoms with E-state index in [2.05, 4.69) is 51.0 Å². The van der Waals surface area contributed by atoms with Crippen molar-refractivity contribution in [3.05, 3.63) is 23.4 Å². The summed E-state index contributed by atoms with van der Waals surface area (Å²) in [4.78, 5) is 0. The zero-order valence-electron chi connectivity index (χ0n) is 10.8. The molecule has 0 radical (unpaired) electrons. The largest absolute Gasteiger partial charge is 0.418 e. The number of allylic oxidation sites excluding steroid dienone is 4. The first kappa shape index (κ1) is 12.9. The molecule has 0 amide bonds. The molecule has 0 atom stereocenters. The Morgan fingerprint density at radius 3 is 2.33 bits per heavy atom. The van der Waals surface area contributed by atoms with E-state index in [0.717, 1.165) is 6.61 Å². The van der Waals surface area contributed by atoms with Crippen LogP contribution >= 0.6 is 0 Å². The van der Waals surface area contributed by atoms with Gasteiger partial charge in [-0.05, 0) is 32.1 Å². The summed E-state index contributed by atoms with van der Waals surface area (Å²) in [5.74, 6) is 0. The van der Waals surface area contributed by atoms with Gasteiger partial charge in [-0.2, -0.15) is 0 Å². The average Bonchev–Trinajstić information content (AvgIpc) is 2.52. The van der Waals surface area contributed by atoms with Crippen molar-refractivity contribution in [1.82, 2.24) is 0 Å². The van der Waals surface area contributed by atoms with Gasteiger partial charge in [-0.15, -0.1) is 0 Å². The third-order valence-electron chi connectivity index (χ3n) is 2.90. The lowest BCUT2D eigenvalue weighted by Gasteiger charge is -2.26. The molecule has 0 heterocycles. The van der Waals surface area contributed by atoms with Crippen LogP contribution in [0.1, 0.15) is 6.42 Å². The fraction of sp³-hybridized carbons (Fsp3) is 0.667. The maximum Gasteiger partial charge on any atom is 0.183 e. The third kappa shape index (κ3) is 4.49. The van der Waals surface area contributed by atoms with E-state index < -0.39 is 16.4 Å². The van der Waals surface area contributed by atoms with E-state index in [1.807, 2.05) is 0 Å². The molecule has 0 unspecified atom stereocenters. The smallest absolute Gasteiger partial charge is 0.183 e. The van der Waals surface area contributed by atoms with Crippen LogP contribution in [0.2, 0.25) is 38.8 Å². The van der Waals surface area contributed by atoms with Crippen LogP contribution in [0.15, 0.2) is 23.4 Å². The molecule has 15 heavy (non-hydrogen) atoms. The van der Waals surface area contributed by atoms with E-state index in [1.54, 1.807) is 5.20 Å². The molecule has 0 saturated heterocycles. The molecule has 1 aliphatic carbocycles. The van der Waals surface area contributed by atoms with Crippen LogP contribution in [0, 0.1) is 0 Å². The molecule has 3 heteroatoms. The van der Waals surface area contributed by atoms with Gasteiger partial charge >= 0.3 is 0 Å². The number of hydrogen-bond acceptors (Lipinski definition) is 1. The average molecular weight is 240 g/mol. The Hall–Kier alpha value is -0.126. The summed E-state index contributed by atoms with van der Waals surface area (Å²) in [7, 11) is -2.48. The predicted molar refractivity (Wildman–Crippen MR) is 73.4 cm³/mol. The van der Waals surface area contributed by atoms with E-state index in [1.165, 1.54) is 12.5 Å². The molecule has 0 spiro atoms. The van der Waals surface area contributed by atoms with E-state index in [0.29, 0.717) is 0 Å². The maximum atomic E-state index is 5.95. The molecule has 0 saturated carbocycles. The Balaban J connectivity index is 2.37. The Morgan fingerprint density at radius 2 is 1.87 bits per heavy atom. The highest BCUT2D eigenvalue weighted by atomic mass is 28.4. The molecule has 0 N–H and O–H groups in total. The predicted octanol–water partition coefficient (Wildman–Crippen LogP) is 3.97. The van der Waals surface area contributed by atoms with Gasteiger partial charge in [-0.1, -0.05) is 36.5 Å². The van der Waals surface area contributed by atoms with Gasteiger partial charge < -0.3 is 4.43 Å². The summed E-state index contributed by atoms with van der Waals surface area (Å²) in [6.07, 6.45) is 7.97. The maximum absolute atomic E-state index is 5.95. The van der Waals surface area contributed by atoms with Crippen LogP contribution in [0.25, 0.3) is 0 Å². The van der Waals surface area contributed by atoms with E-state index in [9.17, 15) is 0 Å². The number of rotatable bonds is 5. The van der Waals surface area contributed by atoms with Crippen LogP contribution in [0.3, 0.4) is 0 Å².